The topological polar surface area (TPSA) is 109 Å². The number of rotatable bonds is 1. The van der Waals surface area contributed by atoms with E-state index in [2.05, 4.69) is 41.5 Å². The number of aliphatic hydroxyl groups excluding tert-OH is 1. The molecule has 4 aliphatic rings. The van der Waals surface area contributed by atoms with Crippen molar-refractivity contribution in [1.29, 1.82) is 5.26 Å². The van der Waals surface area contributed by atoms with E-state index in [0.717, 1.165) is 43.1 Å². The van der Waals surface area contributed by atoms with Gasteiger partial charge >= 0.3 is 0 Å². The number of nitrogens with zero attached hydrogens (tertiary/aromatic N) is 1. The van der Waals surface area contributed by atoms with Crippen molar-refractivity contribution in [3.05, 3.63) is 64.1 Å². The Kier molecular flexibility index (Phi) is 6.68. The molecule has 4 N–H and O–H groups in total. The molecule has 0 radical (unpaired) electrons. The molecule has 5 unspecified atom stereocenters. The van der Waals surface area contributed by atoms with Gasteiger partial charge in [0.25, 0.3) is 5.56 Å². The number of hydrogen-bond acceptors (Lipinski definition) is 5. The number of pyridine rings is 1. The molecule has 1 aromatic carbocycles. The van der Waals surface area contributed by atoms with Gasteiger partial charge in [-0.3, -0.25) is 4.79 Å². The summed E-state index contributed by atoms with van der Waals surface area (Å²) in [5.41, 5.74) is 1.01. The molecular weight excluding hydrogens is 462 g/mol. The smallest absolute Gasteiger partial charge is 0.255 e. The molecule has 0 amide bonds. The van der Waals surface area contributed by atoms with Gasteiger partial charge in [0.2, 0.25) is 0 Å². The maximum Gasteiger partial charge on any atom is 0.255 e. The van der Waals surface area contributed by atoms with Crippen molar-refractivity contribution < 1.29 is 10.2 Å². The van der Waals surface area contributed by atoms with Crippen molar-refractivity contribution in [2.45, 2.75) is 70.0 Å². The first kappa shape index (κ1) is 25.9. The number of H-pyrrole nitrogens is 1. The van der Waals surface area contributed by atoms with Gasteiger partial charge in [0.15, 0.2) is 0 Å². The average Bonchev–Trinajstić information content (AvgIpc) is 3.18. The van der Waals surface area contributed by atoms with Gasteiger partial charge in [-0.25, -0.2) is 0 Å². The molecule has 0 spiro atoms. The molecule has 6 atom stereocenters. The highest BCUT2D eigenvalue weighted by Crippen LogP contribution is 2.66. The van der Waals surface area contributed by atoms with Crippen LogP contribution < -0.4 is 10.9 Å². The van der Waals surface area contributed by atoms with E-state index in [0.29, 0.717) is 30.6 Å². The lowest BCUT2D eigenvalue weighted by atomic mass is 9.49. The van der Waals surface area contributed by atoms with Crippen molar-refractivity contribution in [3.63, 3.8) is 0 Å². The van der Waals surface area contributed by atoms with Gasteiger partial charge in [-0.2, -0.15) is 5.26 Å². The molecule has 6 nitrogen and oxygen atoms in total. The van der Waals surface area contributed by atoms with Gasteiger partial charge < -0.3 is 20.5 Å². The highest BCUT2D eigenvalue weighted by molar-refractivity contribution is 5.86. The van der Waals surface area contributed by atoms with Crippen LogP contribution in [0.2, 0.25) is 0 Å². The van der Waals surface area contributed by atoms with E-state index in [9.17, 15) is 20.3 Å². The molecule has 6 rings (SSSR count). The van der Waals surface area contributed by atoms with E-state index in [4.69, 9.17) is 0 Å². The van der Waals surface area contributed by atoms with E-state index in [1.165, 1.54) is 11.1 Å². The van der Waals surface area contributed by atoms with E-state index < -0.39 is 11.0 Å². The Labute approximate surface area is 219 Å². The monoisotopic (exact) mass is 501 g/mol. The van der Waals surface area contributed by atoms with Crippen LogP contribution in [0.1, 0.15) is 63.9 Å². The summed E-state index contributed by atoms with van der Waals surface area (Å²) < 4.78 is 0. The predicted octanol–water partition coefficient (Wildman–Crippen LogP) is 4.69. The average molecular weight is 502 g/mol. The quantitative estimate of drug-likeness (QED) is 0.424. The summed E-state index contributed by atoms with van der Waals surface area (Å²) >= 11 is 0. The molecule has 0 saturated heterocycles. The van der Waals surface area contributed by atoms with Gasteiger partial charge in [0, 0.05) is 17.5 Å². The van der Waals surface area contributed by atoms with Gasteiger partial charge in [0.1, 0.15) is 5.41 Å². The Morgan fingerprint density at radius 3 is 2.68 bits per heavy atom. The van der Waals surface area contributed by atoms with E-state index >= 15 is 0 Å². The number of benzene rings is 1. The first-order valence-electron chi connectivity index (χ1n) is 13.7. The van der Waals surface area contributed by atoms with Crippen LogP contribution >= 0.6 is 0 Å². The van der Waals surface area contributed by atoms with Gasteiger partial charge in [0.05, 0.1) is 17.8 Å². The fourth-order valence-corrected chi connectivity index (χ4v) is 7.85. The maximum atomic E-state index is 12.4. The van der Waals surface area contributed by atoms with Crippen LogP contribution in [0.4, 0.5) is 0 Å². The van der Waals surface area contributed by atoms with Crippen LogP contribution in [0, 0.1) is 34.0 Å². The Hall–Kier alpha value is -2.72. The van der Waals surface area contributed by atoms with Crippen molar-refractivity contribution in [2.75, 3.05) is 14.1 Å². The lowest BCUT2D eigenvalue weighted by Crippen LogP contribution is -2.59. The predicted molar refractivity (Wildman–Crippen MR) is 147 cm³/mol. The van der Waals surface area contributed by atoms with Crippen LogP contribution in [0.15, 0.2) is 53.0 Å². The molecule has 0 aliphatic heterocycles. The summed E-state index contributed by atoms with van der Waals surface area (Å²) in [6.07, 6.45) is 11.6. The SMILES string of the molecule is CC12CCC3(C#N)C=C4CC(O)CCC4CC[C@]3(O)C1CC=C2c1ccc2cc[nH]c(=O)c2c1.CNC. The molecule has 1 aromatic heterocycles. The second-order valence-electron chi connectivity index (χ2n) is 11.8. The molecule has 196 valence electrons. The third-order valence-corrected chi connectivity index (χ3v) is 9.77. The van der Waals surface area contributed by atoms with Crippen molar-refractivity contribution in [3.8, 4) is 6.07 Å². The zero-order chi connectivity index (χ0) is 26.4. The van der Waals surface area contributed by atoms with E-state index in [1.807, 2.05) is 32.3 Å². The van der Waals surface area contributed by atoms with Crippen LogP contribution in [0.25, 0.3) is 16.3 Å². The first-order chi connectivity index (χ1) is 17.7. The van der Waals surface area contributed by atoms with Crippen molar-refractivity contribution >= 4 is 16.3 Å². The highest BCUT2D eigenvalue weighted by atomic mass is 16.3. The summed E-state index contributed by atoms with van der Waals surface area (Å²) in [4.78, 5) is 15.2. The number of aromatic amines is 1. The Bertz CT molecular complexity index is 1350. The zero-order valence-electron chi connectivity index (χ0n) is 22.2. The Balaban J connectivity index is 0.000000892. The third-order valence-electron chi connectivity index (χ3n) is 9.77. The number of allylic oxidation sites excluding steroid dienone is 2. The van der Waals surface area contributed by atoms with Crippen LogP contribution in [-0.2, 0) is 0 Å². The highest BCUT2D eigenvalue weighted by Gasteiger charge is 2.65. The fraction of sp³-hybridized carbons (Fsp3) is 0.548. The molecule has 2 fully saturated rings. The summed E-state index contributed by atoms with van der Waals surface area (Å²) in [6.45, 7) is 2.24. The molecule has 2 aromatic rings. The molecule has 4 aliphatic carbocycles. The lowest BCUT2D eigenvalue weighted by molar-refractivity contribution is -0.143. The number of aromatic nitrogens is 1. The molecular formula is C31H39N3O3. The zero-order valence-corrected chi connectivity index (χ0v) is 22.2. The third kappa shape index (κ3) is 4.00. The number of nitriles is 1. The number of hydrogen-bond donors (Lipinski definition) is 4. The van der Waals surface area contributed by atoms with Gasteiger partial charge in [-0.1, -0.05) is 36.8 Å². The minimum Gasteiger partial charge on any atom is -0.393 e. The number of fused-ring (bicyclic) bond motifs is 5. The van der Waals surface area contributed by atoms with Crippen molar-refractivity contribution in [2.24, 2.45) is 22.7 Å². The number of aliphatic hydroxyl groups is 2. The molecule has 6 heteroatoms. The summed E-state index contributed by atoms with van der Waals surface area (Å²) in [7, 11) is 3.75. The summed E-state index contributed by atoms with van der Waals surface area (Å²) in [6, 6.07) is 10.6. The first-order valence-corrected chi connectivity index (χ1v) is 13.7. The molecule has 2 saturated carbocycles. The second-order valence-corrected chi connectivity index (χ2v) is 11.8. The van der Waals surface area contributed by atoms with Crippen LogP contribution in [0.3, 0.4) is 0 Å². The molecule has 37 heavy (non-hydrogen) atoms. The molecule has 0 bridgehead atoms. The second kappa shape index (κ2) is 9.54. The number of nitrogens with one attached hydrogen (secondary N) is 2. The largest absolute Gasteiger partial charge is 0.393 e. The molecule has 1 heterocycles. The standard InChI is InChI=1S/C29H32N2O3.C2H7N/c1-27-11-12-28(17-30)16-21-14-22(32)5-4-18(21)8-10-29(28,34)25(27)7-6-24(27)20-3-2-19-9-13-31-26(33)23(19)15-20;1-3-2/h2-3,6,9,13,15-16,18,22,25,32,34H,4-5,7-8,10-12,14H2,1H3,(H,31,33);3H,1-2H3/t18?,22?,25?,27?,28?,29-;/m0./s1. The maximum absolute atomic E-state index is 12.4. The van der Waals surface area contributed by atoms with E-state index in [-0.39, 0.29) is 23.0 Å². The van der Waals surface area contributed by atoms with Crippen molar-refractivity contribution in [1.82, 2.24) is 10.3 Å². The van der Waals surface area contributed by atoms with Crippen LogP contribution in [0.5, 0.6) is 0 Å². The van der Waals surface area contributed by atoms with Gasteiger partial charge in [-0.05, 0) is 105 Å². The normalized spacial score (nSPS) is 36.5. The van der Waals surface area contributed by atoms with Crippen LogP contribution in [-0.4, -0.2) is 41.0 Å². The summed E-state index contributed by atoms with van der Waals surface area (Å²) in [5, 5.41) is 37.5. The minimum atomic E-state index is -1.11. The Morgan fingerprint density at radius 2 is 1.92 bits per heavy atom. The minimum absolute atomic E-state index is 0.0601. The Morgan fingerprint density at radius 1 is 1.14 bits per heavy atom. The van der Waals surface area contributed by atoms with Gasteiger partial charge in [-0.15, -0.1) is 0 Å². The summed E-state index contributed by atoms with van der Waals surface area (Å²) in [5.74, 6) is 0.297. The lowest BCUT2D eigenvalue weighted by Gasteiger charge is -2.56. The van der Waals surface area contributed by atoms with E-state index in [1.54, 1.807) is 6.20 Å². The fourth-order valence-electron chi connectivity index (χ4n) is 7.85.